The molecular weight excluding hydrogens is 459 g/mol. The van der Waals surface area contributed by atoms with Gasteiger partial charge in [0.05, 0.1) is 23.4 Å². The van der Waals surface area contributed by atoms with Crippen LogP contribution in [-0.2, 0) is 9.53 Å². The first kappa shape index (κ1) is 21.4. The molecule has 1 unspecified atom stereocenters. The molecule has 1 atom stereocenters. The minimum absolute atomic E-state index is 0.256. The largest absolute Gasteiger partial charge is 0.479 e. The minimum Gasteiger partial charge on any atom is -0.479 e. The first-order valence-corrected chi connectivity index (χ1v) is 10.9. The normalized spacial score (nSPS) is 14.8. The lowest BCUT2D eigenvalue weighted by Gasteiger charge is -2.27. The lowest BCUT2D eigenvalue weighted by Crippen LogP contribution is -2.25. The monoisotopic (exact) mass is 474 g/mol. The van der Waals surface area contributed by atoms with Gasteiger partial charge in [-0.25, -0.2) is 9.78 Å². The molecule has 2 heterocycles. The van der Waals surface area contributed by atoms with Crippen molar-refractivity contribution in [3.05, 3.63) is 80.3 Å². The van der Waals surface area contributed by atoms with E-state index in [1.54, 1.807) is 25.1 Å². The zero-order chi connectivity index (χ0) is 22.0. The summed E-state index contributed by atoms with van der Waals surface area (Å²) < 4.78 is 11.1. The zero-order valence-electron chi connectivity index (χ0n) is 16.2. The summed E-state index contributed by atoms with van der Waals surface area (Å²) in [6.07, 6.45) is 2.38. The summed E-state index contributed by atoms with van der Waals surface area (Å²) in [5.41, 5.74) is 1.73. The minimum atomic E-state index is -0.683. The average molecular weight is 475 g/mol. The summed E-state index contributed by atoms with van der Waals surface area (Å²) in [7, 11) is 0. The summed E-state index contributed by atoms with van der Waals surface area (Å²) >= 11 is 13.5. The molecule has 6 nitrogen and oxygen atoms in total. The Morgan fingerprint density at radius 2 is 2.00 bits per heavy atom. The Balaban J connectivity index is 1.68. The molecule has 0 spiro atoms. The molecule has 3 aromatic rings. The van der Waals surface area contributed by atoms with Gasteiger partial charge in [-0.15, -0.1) is 0 Å². The Labute approximate surface area is 192 Å². The fourth-order valence-electron chi connectivity index (χ4n) is 3.09. The van der Waals surface area contributed by atoms with Gasteiger partial charge < -0.3 is 9.47 Å². The highest BCUT2D eigenvalue weighted by Crippen LogP contribution is 2.43. The maximum absolute atomic E-state index is 13.2. The number of anilines is 1. The van der Waals surface area contributed by atoms with Gasteiger partial charge in [-0.3, -0.25) is 10.1 Å². The number of carbonyl (C=O) groups excluding carboxylic acids is 2. The molecule has 0 fully saturated rings. The lowest BCUT2D eigenvalue weighted by atomic mass is 9.95. The molecule has 1 aliphatic heterocycles. The Morgan fingerprint density at radius 1 is 1.23 bits per heavy atom. The van der Waals surface area contributed by atoms with E-state index in [0.29, 0.717) is 31.8 Å². The Hall–Kier alpha value is -2.87. The second-order valence-corrected chi connectivity index (χ2v) is 8.39. The number of amides is 1. The maximum atomic E-state index is 13.2. The lowest BCUT2D eigenvalue weighted by molar-refractivity contribution is -0.113. The van der Waals surface area contributed by atoms with E-state index in [1.165, 1.54) is 6.20 Å². The number of thiazole rings is 1. The molecule has 1 amide bonds. The molecule has 1 aromatic heterocycles. The number of benzene rings is 2. The molecule has 0 aliphatic carbocycles. The number of nitrogens with one attached hydrogen (secondary N) is 1. The third kappa shape index (κ3) is 4.58. The summed E-state index contributed by atoms with van der Waals surface area (Å²) in [6, 6.07) is 12.6. The van der Waals surface area contributed by atoms with Crippen LogP contribution >= 0.6 is 34.5 Å². The van der Waals surface area contributed by atoms with Gasteiger partial charge >= 0.3 is 5.97 Å². The van der Waals surface area contributed by atoms with E-state index in [2.05, 4.69) is 10.3 Å². The quantitative estimate of drug-likeness (QED) is 0.474. The number of fused-ring (bicyclic) bond motifs is 1. The van der Waals surface area contributed by atoms with Crippen LogP contribution < -0.4 is 10.1 Å². The Morgan fingerprint density at radius 3 is 2.74 bits per heavy atom. The van der Waals surface area contributed by atoms with Crippen molar-refractivity contribution in [1.29, 1.82) is 0 Å². The molecule has 0 bridgehead atoms. The number of aromatic nitrogens is 1. The van der Waals surface area contributed by atoms with Crippen LogP contribution in [0.2, 0.25) is 10.0 Å². The number of hydrogen-bond donors (Lipinski definition) is 1. The van der Waals surface area contributed by atoms with Crippen LogP contribution in [0.15, 0.2) is 54.2 Å². The number of nitrogens with zero attached hydrogens (tertiary/aromatic N) is 1. The van der Waals surface area contributed by atoms with Crippen LogP contribution in [0.25, 0.3) is 6.08 Å². The Bertz CT molecular complexity index is 1180. The molecule has 0 saturated carbocycles. The molecule has 1 N–H and O–H groups in total. The number of rotatable bonds is 5. The van der Waals surface area contributed by atoms with Gasteiger partial charge in [0.2, 0.25) is 0 Å². The topological polar surface area (TPSA) is 77.5 Å². The van der Waals surface area contributed by atoms with Crippen molar-refractivity contribution in [3.8, 4) is 5.75 Å². The first-order valence-electron chi connectivity index (χ1n) is 9.32. The maximum Gasteiger partial charge on any atom is 0.350 e. The standard InChI is InChI=1S/C22H16Cl2N2O4S/c1-2-29-21(28)17-11-25-22(31-17)26-20(27)15-9-13-8-14(23)10-16(24)19(13)30-18(15)12-6-4-3-5-7-12/h3-11,18H,2H2,1H3,(H,25,26,27). The Kier molecular flexibility index (Phi) is 6.27. The molecule has 158 valence electrons. The highest BCUT2D eigenvalue weighted by molar-refractivity contribution is 7.17. The highest BCUT2D eigenvalue weighted by atomic mass is 35.5. The van der Waals surface area contributed by atoms with E-state index in [1.807, 2.05) is 30.3 Å². The van der Waals surface area contributed by atoms with Crippen LogP contribution in [0.1, 0.15) is 33.8 Å². The predicted molar refractivity (Wildman–Crippen MR) is 121 cm³/mol. The second-order valence-electron chi connectivity index (χ2n) is 6.52. The van der Waals surface area contributed by atoms with Crippen molar-refractivity contribution in [2.75, 3.05) is 11.9 Å². The molecule has 31 heavy (non-hydrogen) atoms. The van der Waals surface area contributed by atoms with Crippen LogP contribution in [0.3, 0.4) is 0 Å². The number of ether oxygens (including phenoxy) is 2. The van der Waals surface area contributed by atoms with Gasteiger partial charge in [-0.05, 0) is 30.7 Å². The van der Waals surface area contributed by atoms with Crippen molar-refractivity contribution in [2.24, 2.45) is 0 Å². The van der Waals surface area contributed by atoms with Crippen LogP contribution in [0.4, 0.5) is 5.13 Å². The molecule has 1 aliphatic rings. The van der Waals surface area contributed by atoms with Crippen molar-refractivity contribution < 1.29 is 19.1 Å². The molecule has 4 rings (SSSR count). The van der Waals surface area contributed by atoms with Crippen molar-refractivity contribution in [1.82, 2.24) is 4.98 Å². The predicted octanol–water partition coefficient (Wildman–Crippen LogP) is 5.78. The average Bonchev–Trinajstić information content (AvgIpc) is 3.22. The summed E-state index contributed by atoms with van der Waals surface area (Å²) in [5, 5.41) is 3.80. The molecule has 2 aromatic carbocycles. The zero-order valence-corrected chi connectivity index (χ0v) is 18.6. The first-order chi connectivity index (χ1) is 15.0. The van der Waals surface area contributed by atoms with E-state index in [-0.39, 0.29) is 11.7 Å². The van der Waals surface area contributed by atoms with E-state index < -0.39 is 18.0 Å². The molecule has 0 saturated heterocycles. The molecular formula is C22H16Cl2N2O4S. The third-order valence-electron chi connectivity index (χ3n) is 4.43. The summed E-state index contributed by atoms with van der Waals surface area (Å²) in [6.45, 7) is 1.98. The van der Waals surface area contributed by atoms with Crippen LogP contribution in [-0.4, -0.2) is 23.5 Å². The van der Waals surface area contributed by atoms with Gasteiger partial charge in [-0.1, -0.05) is 64.9 Å². The molecule has 9 heteroatoms. The van der Waals surface area contributed by atoms with E-state index >= 15 is 0 Å². The van der Waals surface area contributed by atoms with E-state index in [9.17, 15) is 9.59 Å². The third-order valence-corrected chi connectivity index (χ3v) is 5.83. The van der Waals surface area contributed by atoms with Gasteiger partial charge in [-0.2, -0.15) is 0 Å². The highest BCUT2D eigenvalue weighted by Gasteiger charge is 2.31. The van der Waals surface area contributed by atoms with Crippen LogP contribution in [0, 0.1) is 0 Å². The fraction of sp³-hybridized carbons (Fsp3) is 0.136. The summed E-state index contributed by atoms with van der Waals surface area (Å²) in [4.78, 5) is 29.4. The van der Waals surface area contributed by atoms with Gasteiger partial charge in [0.15, 0.2) is 11.2 Å². The fourth-order valence-corrected chi connectivity index (χ4v) is 4.35. The van der Waals surface area contributed by atoms with Gasteiger partial charge in [0.25, 0.3) is 5.91 Å². The van der Waals surface area contributed by atoms with E-state index in [0.717, 1.165) is 16.9 Å². The number of esters is 1. The van der Waals surface area contributed by atoms with Crippen molar-refractivity contribution in [2.45, 2.75) is 13.0 Å². The van der Waals surface area contributed by atoms with Crippen LogP contribution in [0.5, 0.6) is 5.75 Å². The molecule has 0 radical (unpaired) electrons. The van der Waals surface area contributed by atoms with Gasteiger partial charge in [0.1, 0.15) is 10.6 Å². The smallest absolute Gasteiger partial charge is 0.350 e. The number of hydrogen-bond acceptors (Lipinski definition) is 6. The van der Waals surface area contributed by atoms with E-state index in [4.69, 9.17) is 32.7 Å². The SMILES string of the molecule is CCOC(=O)c1cnc(NC(=O)C2=Cc3cc(Cl)cc(Cl)c3OC2c2ccccc2)s1. The second kappa shape index (κ2) is 9.09. The van der Waals surface area contributed by atoms with Crippen molar-refractivity contribution in [3.63, 3.8) is 0 Å². The van der Waals surface area contributed by atoms with Gasteiger partial charge in [0, 0.05) is 10.6 Å². The number of carbonyl (C=O) groups is 2. The number of halogens is 2. The summed E-state index contributed by atoms with van der Waals surface area (Å²) in [5.74, 6) is -0.447. The van der Waals surface area contributed by atoms with Crippen molar-refractivity contribution >= 4 is 57.6 Å².